The highest BCUT2D eigenvalue weighted by atomic mass is 32.2. The molecule has 4 rings (SSSR count). The molecule has 0 aliphatic heterocycles. The number of carbonyl (C=O) groups excluding carboxylic acids is 1. The van der Waals surface area contributed by atoms with Crippen molar-refractivity contribution in [3.8, 4) is 5.75 Å². The van der Waals surface area contributed by atoms with Crippen molar-refractivity contribution in [1.82, 2.24) is 20.7 Å². The number of aliphatic imine (C=N–C) groups is 1. The van der Waals surface area contributed by atoms with Crippen LogP contribution in [0.4, 0.5) is 5.82 Å². The molecular weight excluding hydrogens is 560 g/mol. The molecule has 4 aromatic rings. The van der Waals surface area contributed by atoms with Crippen molar-refractivity contribution in [1.29, 1.82) is 0 Å². The van der Waals surface area contributed by atoms with Crippen molar-refractivity contribution < 1.29 is 9.53 Å². The van der Waals surface area contributed by atoms with E-state index in [9.17, 15) is 4.79 Å². The van der Waals surface area contributed by atoms with Crippen LogP contribution in [0, 0.1) is 0 Å². The molecule has 10 nitrogen and oxygen atoms in total. The van der Waals surface area contributed by atoms with E-state index in [1.54, 1.807) is 30.0 Å². The number of ether oxygens (including phenoxy) is 1. The van der Waals surface area contributed by atoms with Gasteiger partial charge >= 0.3 is 0 Å². The molecule has 11 heteroatoms. The van der Waals surface area contributed by atoms with E-state index < -0.39 is 0 Å². The third kappa shape index (κ3) is 10.6. The van der Waals surface area contributed by atoms with Crippen molar-refractivity contribution in [2.75, 3.05) is 25.1 Å². The molecule has 0 aliphatic carbocycles. The molecule has 0 bridgehead atoms. The fourth-order valence-electron chi connectivity index (χ4n) is 3.92. The Bertz CT molecular complexity index is 1480. The molecule has 1 amide bonds. The number of hydrogen-bond donors (Lipinski definition) is 5. The summed E-state index contributed by atoms with van der Waals surface area (Å²) in [6.07, 6.45) is 6.50. The molecule has 0 saturated carbocycles. The van der Waals surface area contributed by atoms with Crippen molar-refractivity contribution >= 4 is 35.4 Å². The highest BCUT2D eigenvalue weighted by Crippen LogP contribution is 2.25. The van der Waals surface area contributed by atoms with Gasteiger partial charge < -0.3 is 20.9 Å². The zero-order valence-electron chi connectivity index (χ0n) is 23.8. The molecule has 43 heavy (non-hydrogen) atoms. The highest BCUT2D eigenvalue weighted by Gasteiger charge is 2.08. The maximum Gasteiger partial charge on any atom is 0.252 e. The van der Waals surface area contributed by atoms with Gasteiger partial charge in [0.2, 0.25) is 0 Å². The second kappa shape index (κ2) is 17.3. The minimum atomic E-state index is -0.215. The number of pyridine rings is 2. The zero-order chi connectivity index (χ0) is 30.1. The van der Waals surface area contributed by atoms with E-state index in [1.807, 2.05) is 54.6 Å². The number of amides is 1. The highest BCUT2D eigenvalue weighted by molar-refractivity contribution is 7.98. The molecule has 0 unspecified atom stereocenters. The van der Waals surface area contributed by atoms with Gasteiger partial charge in [0.25, 0.3) is 5.91 Å². The SMILES string of the molecule is NNC(/C=C/c1nc(CSc2ccccc2)ccc1OCCc1ccccc1)=NCCCNC(=O)c1ccc(NN)nc1. The van der Waals surface area contributed by atoms with Gasteiger partial charge in [0.1, 0.15) is 23.1 Å². The quantitative estimate of drug-likeness (QED) is 0.0336. The Hall–Kier alpha value is -4.71. The average molecular weight is 597 g/mol. The smallest absolute Gasteiger partial charge is 0.252 e. The van der Waals surface area contributed by atoms with Crippen LogP contribution in [0.5, 0.6) is 5.75 Å². The fraction of sp³-hybridized carbons (Fsp3) is 0.188. The molecule has 0 fully saturated rings. The van der Waals surface area contributed by atoms with Crippen molar-refractivity contribution in [3.05, 3.63) is 120 Å². The summed E-state index contributed by atoms with van der Waals surface area (Å²) >= 11 is 1.73. The van der Waals surface area contributed by atoms with Crippen molar-refractivity contribution in [2.45, 2.75) is 23.5 Å². The van der Waals surface area contributed by atoms with Crippen LogP contribution in [0.25, 0.3) is 6.08 Å². The van der Waals surface area contributed by atoms with Gasteiger partial charge in [0, 0.05) is 36.4 Å². The minimum absolute atomic E-state index is 0.215. The molecule has 222 valence electrons. The second-order valence-electron chi connectivity index (χ2n) is 9.30. The van der Waals surface area contributed by atoms with E-state index in [0.717, 1.165) is 17.9 Å². The van der Waals surface area contributed by atoms with Gasteiger partial charge in [-0.05, 0) is 60.5 Å². The van der Waals surface area contributed by atoms with Gasteiger partial charge in [-0.2, -0.15) is 0 Å². The molecule has 2 heterocycles. The molecule has 0 saturated heterocycles. The third-order valence-electron chi connectivity index (χ3n) is 6.19. The number of anilines is 1. The molecular formula is C32H36N8O2S. The van der Waals surface area contributed by atoms with Gasteiger partial charge in [-0.25, -0.2) is 21.7 Å². The average Bonchev–Trinajstić information content (AvgIpc) is 3.06. The van der Waals surface area contributed by atoms with Crippen LogP contribution in [0.15, 0.2) is 107 Å². The molecule has 2 aromatic heterocycles. The van der Waals surface area contributed by atoms with Crippen molar-refractivity contribution in [2.24, 2.45) is 16.7 Å². The lowest BCUT2D eigenvalue weighted by Crippen LogP contribution is -2.29. The Morgan fingerprint density at radius 3 is 2.49 bits per heavy atom. The molecule has 0 spiro atoms. The number of aromatic nitrogens is 2. The maximum absolute atomic E-state index is 12.3. The Morgan fingerprint density at radius 2 is 1.77 bits per heavy atom. The van der Waals surface area contributed by atoms with Crippen LogP contribution >= 0.6 is 11.8 Å². The minimum Gasteiger partial charge on any atom is -0.491 e. The number of nitrogens with one attached hydrogen (secondary N) is 3. The Morgan fingerprint density at radius 1 is 0.977 bits per heavy atom. The molecule has 2 aromatic carbocycles. The third-order valence-corrected chi connectivity index (χ3v) is 7.23. The first-order valence-electron chi connectivity index (χ1n) is 13.9. The summed E-state index contributed by atoms with van der Waals surface area (Å²) in [4.78, 5) is 26.9. The molecule has 0 aliphatic rings. The number of nitrogens with zero attached hydrogens (tertiary/aromatic N) is 3. The van der Waals surface area contributed by atoms with Gasteiger partial charge in [-0.3, -0.25) is 9.79 Å². The largest absolute Gasteiger partial charge is 0.491 e. The predicted octanol–water partition coefficient (Wildman–Crippen LogP) is 4.37. The summed E-state index contributed by atoms with van der Waals surface area (Å²) in [5.74, 6) is 13.2. The summed E-state index contributed by atoms with van der Waals surface area (Å²) in [5, 5.41) is 2.86. The first-order valence-corrected chi connectivity index (χ1v) is 14.9. The van der Waals surface area contributed by atoms with E-state index >= 15 is 0 Å². The number of amidine groups is 1. The summed E-state index contributed by atoms with van der Waals surface area (Å²) in [6.45, 7) is 1.43. The van der Waals surface area contributed by atoms with Crippen LogP contribution in [0.3, 0.4) is 0 Å². The number of nitrogen functional groups attached to an aromatic ring is 1. The number of hydrazine groups is 2. The van der Waals surface area contributed by atoms with Gasteiger partial charge in [0.05, 0.1) is 17.9 Å². The Kier molecular flexibility index (Phi) is 12.6. The van der Waals surface area contributed by atoms with Gasteiger partial charge in [0.15, 0.2) is 0 Å². The summed E-state index contributed by atoms with van der Waals surface area (Å²) in [5.41, 5.74) is 8.35. The fourth-order valence-corrected chi connectivity index (χ4v) is 4.75. The predicted molar refractivity (Wildman–Crippen MR) is 174 cm³/mol. The summed E-state index contributed by atoms with van der Waals surface area (Å²) in [7, 11) is 0. The zero-order valence-corrected chi connectivity index (χ0v) is 24.6. The number of nitrogens with two attached hydrogens (primary N) is 2. The number of benzene rings is 2. The lowest BCUT2D eigenvalue weighted by atomic mass is 10.2. The van der Waals surface area contributed by atoms with Crippen LogP contribution in [-0.4, -0.2) is 41.4 Å². The normalized spacial score (nSPS) is 11.3. The Balaban J connectivity index is 1.35. The summed E-state index contributed by atoms with van der Waals surface area (Å²) in [6, 6.07) is 27.7. The maximum atomic E-state index is 12.3. The number of rotatable bonds is 15. The monoisotopic (exact) mass is 596 g/mol. The van der Waals surface area contributed by atoms with Gasteiger partial charge in [-0.15, -0.1) is 11.8 Å². The first kappa shape index (κ1) is 31.2. The van der Waals surface area contributed by atoms with E-state index in [1.165, 1.54) is 16.7 Å². The van der Waals surface area contributed by atoms with E-state index in [4.69, 9.17) is 21.4 Å². The Labute approximate surface area is 256 Å². The molecule has 0 atom stereocenters. The second-order valence-corrected chi connectivity index (χ2v) is 10.4. The first-order chi connectivity index (χ1) is 21.1. The lowest BCUT2D eigenvalue weighted by Gasteiger charge is -2.11. The van der Waals surface area contributed by atoms with E-state index in [-0.39, 0.29) is 5.91 Å². The van der Waals surface area contributed by atoms with Crippen LogP contribution in [0.1, 0.15) is 33.7 Å². The van der Waals surface area contributed by atoms with Gasteiger partial charge in [-0.1, -0.05) is 48.5 Å². The van der Waals surface area contributed by atoms with Crippen LogP contribution < -0.4 is 32.6 Å². The number of carbonyl (C=O) groups is 1. The van der Waals surface area contributed by atoms with Crippen LogP contribution in [0.2, 0.25) is 0 Å². The van der Waals surface area contributed by atoms with Crippen LogP contribution in [-0.2, 0) is 12.2 Å². The number of hydrogen-bond acceptors (Lipinski definition) is 9. The topological polar surface area (TPSA) is 153 Å². The molecule has 0 radical (unpaired) electrons. The van der Waals surface area contributed by atoms with Crippen molar-refractivity contribution in [3.63, 3.8) is 0 Å². The standard InChI is InChI=1S/C32H36N8O2S/c33-39-30(35-19-7-20-36-32(41)25-12-16-31(40-34)37-22-25)17-14-28-29(42-21-18-24-8-3-1-4-9-24)15-13-26(38-28)23-43-27-10-5-2-6-11-27/h1-6,8-17,22H,7,18-21,23,33-34H2,(H,35,39)(H,36,41)(H,37,40)/b17-14+. The lowest BCUT2D eigenvalue weighted by molar-refractivity contribution is 0.0953. The summed E-state index contributed by atoms with van der Waals surface area (Å²) < 4.78 is 6.14. The number of thioether (sulfide) groups is 1. The van der Waals surface area contributed by atoms with E-state index in [0.29, 0.717) is 54.8 Å². The molecule has 7 N–H and O–H groups in total. The van der Waals surface area contributed by atoms with E-state index in [2.05, 4.69) is 50.4 Å².